The number of methoxy groups -OCH3 is 1. The summed E-state index contributed by atoms with van der Waals surface area (Å²) in [6, 6.07) is 3.76. The first-order valence-corrected chi connectivity index (χ1v) is 12.5. The van der Waals surface area contributed by atoms with Gasteiger partial charge in [0.15, 0.2) is 0 Å². The molecule has 0 radical (unpaired) electrons. The second-order valence-corrected chi connectivity index (χ2v) is 9.88. The minimum Gasteiger partial charge on any atom is -0.496 e. The van der Waals surface area contributed by atoms with Gasteiger partial charge in [0.05, 0.1) is 38.9 Å². The lowest BCUT2D eigenvalue weighted by Gasteiger charge is -2.26. The van der Waals surface area contributed by atoms with Crippen molar-refractivity contribution >= 4 is 33.4 Å². The summed E-state index contributed by atoms with van der Waals surface area (Å²) in [6.45, 7) is 5.12. The summed E-state index contributed by atoms with van der Waals surface area (Å²) < 4.78 is 32.4. The third-order valence-corrected chi connectivity index (χ3v) is 7.43. The lowest BCUT2D eigenvalue weighted by molar-refractivity contribution is -0.125. The largest absolute Gasteiger partial charge is 0.496 e. The first-order chi connectivity index (χ1) is 17.9. The van der Waals surface area contributed by atoms with Crippen molar-refractivity contribution in [2.75, 3.05) is 26.9 Å². The van der Waals surface area contributed by atoms with Gasteiger partial charge in [-0.1, -0.05) is 0 Å². The number of aliphatic hydroxyl groups is 1. The van der Waals surface area contributed by atoms with Crippen LogP contribution in [0.25, 0.3) is 10.2 Å². The summed E-state index contributed by atoms with van der Waals surface area (Å²) in [4.78, 5) is 52.6. The van der Waals surface area contributed by atoms with Crippen molar-refractivity contribution in [2.24, 2.45) is 5.73 Å². The molecule has 0 bridgehead atoms. The quantitative estimate of drug-likeness (QED) is 0.343. The molecular weight excluding hydrogens is 521 g/mol. The number of nitrogens with two attached hydrogens (primary N) is 1. The van der Waals surface area contributed by atoms with Gasteiger partial charge in [0, 0.05) is 5.56 Å². The highest BCUT2D eigenvalue weighted by Gasteiger charge is 2.35. The molecule has 0 aliphatic carbocycles. The molecule has 3 aromatic rings. The van der Waals surface area contributed by atoms with Crippen LogP contribution in [-0.2, 0) is 26.4 Å². The number of aryl methyl sites for hydroxylation is 1. The summed E-state index contributed by atoms with van der Waals surface area (Å²) in [5.74, 6) is -1.93. The molecule has 0 spiro atoms. The van der Waals surface area contributed by atoms with Crippen LogP contribution in [0.15, 0.2) is 27.8 Å². The van der Waals surface area contributed by atoms with E-state index in [-0.39, 0.29) is 58.3 Å². The molecular formula is C25H30FN3O8S. The zero-order valence-corrected chi connectivity index (χ0v) is 22.5. The van der Waals surface area contributed by atoms with E-state index in [2.05, 4.69) is 0 Å². The number of benzene rings is 1. The number of aliphatic hydroxyl groups excluding tert-OH is 1. The van der Waals surface area contributed by atoms with Crippen LogP contribution in [-0.4, -0.2) is 53.0 Å². The Morgan fingerprint density at radius 2 is 1.95 bits per heavy atom. The Labute approximate surface area is 221 Å². The van der Waals surface area contributed by atoms with E-state index in [1.165, 1.54) is 50.6 Å². The fourth-order valence-corrected chi connectivity index (χ4v) is 5.26. The van der Waals surface area contributed by atoms with E-state index >= 15 is 0 Å². The highest BCUT2D eigenvalue weighted by molar-refractivity contribution is 7.20. The fourth-order valence-electron chi connectivity index (χ4n) is 4.06. The van der Waals surface area contributed by atoms with Gasteiger partial charge in [-0.3, -0.25) is 14.2 Å². The average Bonchev–Trinajstić information content (AvgIpc) is 3.21. The number of carbonyl (C=O) groups excluding carboxylic acids is 2. The maximum atomic E-state index is 14.2. The summed E-state index contributed by atoms with van der Waals surface area (Å²) >= 11 is 0.877. The first kappa shape index (κ1) is 29.0. The molecule has 1 aromatic carbocycles. The standard InChI is InChI=1S/C25H30FN3O8S/c1-6-36-22(32)19-13(2)18-20(31)29(25(3,4)23(27)33)24(34)28(21(18)38-19)12-17(37-10-9-30)15-11-14(26)7-8-16(15)35-5/h7-8,11,17,30H,6,9-10,12H2,1-5H3,(H2,27,33)/t17-/m0/s1. The van der Waals surface area contributed by atoms with Crippen molar-refractivity contribution in [3.05, 3.63) is 60.9 Å². The molecule has 0 fully saturated rings. The summed E-state index contributed by atoms with van der Waals surface area (Å²) in [6.07, 6.45) is -1.04. The van der Waals surface area contributed by atoms with E-state index in [1.807, 2.05) is 0 Å². The molecule has 0 aliphatic heterocycles. The van der Waals surface area contributed by atoms with Crippen molar-refractivity contribution < 1.29 is 33.3 Å². The van der Waals surface area contributed by atoms with Crippen molar-refractivity contribution in [3.63, 3.8) is 0 Å². The number of rotatable bonds is 11. The Hall–Kier alpha value is -3.55. The number of halogens is 1. The van der Waals surface area contributed by atoms with Gasteiger partial charge in [-0.05, 0) is 51.5 Å². The van der Waals surface area contributed by atoms with Gasteiger partial charge in [-0.25, -0.2) is 18.5 Å². The van der Waals surface area contributed by atoms with Crippen molar-refractivity contribution in [1.29, 1.82) is 0 Å². The normalized spacial score (nSPS) is 12.5. The number of hydrogen-bond acceptors (Lipinski definition) is 9. The number of carbonyl (C=O) groups is 2. The Kier molecular flexibility index (Phi) is 8.75. The number of thiophene rings is 1. The predicted molar refractivity (Wildman–Crippen MR) is 138 cm³/mol. The van der Waals surface area contributed by atoms with Gasteiger partial charge in [0.2, 0.25) is 5.91 Å². The molecule has 0 aliphatic rings. The van der Waals surface area contributed by atoms with Crippen LogP contribution in [0.2, 0.25) is 0 Å². The Bertz CT molecular complexity index is 1490. The number of nitrogens with zero attached hydrogens (tertiary/aromatic N) is 2. The molecule has 206 valence electrons. The van der Waals surface area contributed by atoms with Crippen LogP contribution in [0.4, 0.5) is 4.39 Å². The zero-order valence-electron chi connectivity index (χ0n) is 21.7. The monoisotopic (exact) mass is 551 g/mol. The molecule has 2 heterocycles. The molecule has 2 aromatic heterocycles. The Balaban J connectivity index is 2.40. The van der Waals surface area contributed by atoms with Crippen LogP contribution < -0.4 is 21.7 Å². The highest BCUT2D eigenvalue weighted by atomic mass is 32.1. The summed E-state index contributed by atoms with van der Waals surface area (Å²) in [7, 11) is 1.38. The van der Waals surface area contributed by atoms with Crippen molar-refractivity contribution in [3.8, 4) is 5.75 Å². The van der Waals surface area contributed by atoms with Crippen LogP contribution in [0, 0.1) is 12.7 Å². The first-order valence-electron chi connectivity index (χ1n) is 11.7. The van der Waals surface area contributed by atoms with Gasteiger partial charge >= 0.3 is 11.7 Å². The maximum absolute atomic E-state index is 14.2. The van der Waals surface area contributed by atoms with Gasteiger partial charge in [-0.15, -0.1) is 11.3 Å². The number of esters is 1. The van der Waals surface area contributed by atoms with E-state index in [9.17, 15) is 28.7 Å². The average molecular weight is 552 g/mol. The minimum absolute atomic E-state index is 0.0269. The molecule has 0 unspecified atom stereocenters. The summed E-state index contributed by atoms with van der Waals surface area (Å²) in [5, 5.41) is 9.42. The second-order valence-electron chi connectivity index (χ2n) is 8.88. The minimum atomic E-state index is -1.74. The molecule has 1 atom stereocenters. The smallest absolute Gasteiger partial charge is 0.348 e. The maximum Gasteiger partial charge on any atom is 0.348 e. The van der Waals surface area contributed by atoms with Gasteiger partial charge < -0.3 is 25.1 Å². The molecule has 1 amide bonds. The lowest BCUT2D eigenvalue weighted by Crippen LogP contribution is -2.54. The third kappa shape index (κ3) is 5.22. The van der Waals surface area contributed by atoms with E-state index in [0.29, 0.717) is 0 Å². The van der Waals surface area contributed by atoms with Crippen LogP contribution in [0.5, 0.6) is 5.75 Å². The molecule has 0 saturated carbocycles. The van der Waals surface area contributed by atoms with Gasteiger partial charge in [0.1, 0.15) is 32.9 Å². The van der Waals surface area contributed by atoms with Gasteiger partial charge in [-0.2, -0.15) is 0 Å². The molecule has 38 heavy (non-hydrogen) atoms. The van der Waals surface area contributed by atoms with Crippen molar-refractivity contribution in [2.45, 2.75) is 45.9 Å². The summed E-state index contributed by atoms with van der Waals surface area (Å²) in [5.41, 5.74) is 2.63. The zero-order chi connectivity index (χ0) is 28.4. The van der Waals surface area contributed by atoms with E-state index < -0.39 is 40.6 Å². The fraction of sp³-hybridized carbons (Fsp3) is 0.440. The van der Waals surface area contributed by atoms with E-state index in [0.717, 1.165) is 15.9 Å². The number of aromatic nitrogens is 2. The van der Waals surface area contributed by atoms with E-state index in [1.54, 1.807) is 6.92 Å². The molecule has 13 heteroatoms. The number of amides is 1. The number of fused-ring (bicyclic) bond motifs is 1. The SMILES string of the molecule is CCOC(=O)c1sc2c(c1C)c(=O)n(C(C)(C)C(N)=O)c(=O)n2C[C@H](OCCO)c1cc(F)ccc1OC. The van der Waals surface area contributed by atoms with Crippen LogP contribution >= 0.6 is 11.3 Å². The Morgan fingerprint density at radius 3 is 2.53 bits per heavy atom. The number of hydrogen-bond donors (Lipinski definition) is 2. The van der Waals surface area contributed by atoms with Gasteiger partial charge in [0.25, 0.3) is 5.56 Å². The third-order valence-electron chi connectivity index (χ3n) is 6.13. The van der Waals surface area contributed by atoms with E-state index in [4.69, 9.17) is 19.9 Å². The predicted octanol–water partition coefficient (Wildman–Crippen LogP) is 1.83. The van der Waals surface area contributed by atoms with Crippen LogP contribution in [0.3, 0.4) is 0 Å². The van der Waals surface area contributed by atoms with Crippen LogP contribution in [0.1, 0.15) is 47.7 Å². The molecule has 3 N–H and O–H groups in total. The highest BCUT2D eigenvalue weighted by Crippen LogP contribution is 2.33. The second kappa shape index (κ2) is 11.5. The topological polar surface area (TPSA) is 152 Å². The molecule has 11 nitrogen and oxygen atoms in total. The Morgan fingerprint density at radius 1 is 1.26 bits per heavy atom. The molecule has 0 saturated heterocycles. The molecule has 3 rings (SSSR count). The number of ether oxygens (including phenoxy) is 3. The van der Waals surface area contributed by atoms with Crippen molar-refractivity contribution in [1.82, 2.24) is 9.13 Å². The number of primary amides is 1. The lowest BCUT2D eigenvalue weighted by atomic mass is 10.0.